The lowest BCUT2D eigenvalue weighted by Gasteiger charge is -2.27. The molecule has 7 unspecified atom stereocenters. The van der Waals surface area contributed by atoms with Gasteiger partial charge < -0.3 is 50.8 Å². The highest BCUT2D eigenvalue weighted by Gasteiger charge is 2.51. The maximum Gasteiger partial charge on any atom is 0.472 e. The first-order valence-corrected chi connectivity index (χ1v) is 23.4. The number of aromatic nitrogens is 8. The van der Waals surface area contributed by atoms with E-state index in [-0.39, 0.29) is 57.2 Å². The van der Waals surface area contributed by atoms with Gasteiger partial charge in [0.15, 0.2) is 35.1 Å². The number of phosphoric acid groups is 1. The van der Waals surface area contributed by atoms with Crippen LogP contribution < -0.4 is 22.3 Å². The van der Waals surface area contributed by atoms with Crippen molar-refractivity contribution in [2.75, 3.05) is 30.4 Å². The molecule has 0 bridgehead atoms. The predicted octanol–water partition coefficient (Wildman–Crippen LogP) is 1.01. The molecule has 6 heterocycles. The van der Waals surface area contributed by atoms with Gasteiger partial charge in [-0.25, -0.2) is 24.5 Å². The van der Waals surface area contributed by atoms with Crippen LogP contribution in [0.3, 0.4) is 0 Å². The lowest BCUT2D eigenvalue weighted by Crippen LogP contribution is -2.40. The van der Waals surface area contributed by atoms with Gasteiger partial charge in [-0.2, -0.15) is 4.98 Å². The third-order valence-corrected chi connectivity index (χ3v) is 13.8. The highest BCUT2D eigenvalue weighted by molar-refractivity contribution is 8.76. The number of nitrogens with one attached hydrogen (secondary N) is 2. The second kappa shape index (κ2) is 18.8. The van der Waals surface area contributed by atoms with E-state index >= 15 is 0 Å². The van der Waals surface area contributed by atoms with Crippen molar-refractivity contribution in [2.45, 2.75) is 101 Å². The number of H-pyrrole nitrogens is 1. The zero-order chi connectivity index (χ0) is 42.8. The largest absolute Gasteiger partial charge is 0.472 e. The fourth-order valence-electron chi connectivity index (χ4n) is 6.76. The normalized spacial score (nSPS) is 27.0. The van der Waals surface area contributed by atoms with E-state index in [1.807, 2.05) is 27.7 Å². The minimum atomic E-state index is -5.15. The maximum atomic E-state index is 13.8. The summed E-state index contributed by atoms with van der Waals surface area (Å²) < 4.78 is 56.7. The van der Waals surface area contributed by atoms with E-state index in [1.54, 1.807) is 10.8 Å². The summed E-state index contributed by atoms with van der Waals surface area (Å²) in [5.41, 5.74) is 10.9. The quantitative estimate of drug-likeness (QED) is 0.0392. The first kappa shape index (κ1) is 45.3. The zero-order valence-corrected chi connectivity index (χ0v) is 35.7. The van der Waals surface area contributed by atoms with Crippen LogP contribution in [0.2, 0.25) is 0 Å². The zero-order valence-electron chi connectivity index (χ0n) is 32.2. The molecule has 4 aromatic heterocycles. The van der Waals surface area contributed by atoms with Gasteiger partial charge in [0.1, 0.15) is 36.3 Å². The number of aliphatic hydroxyl groups excluding tert-OH is 2. The van der Waals surface area contributed by atoms with E-state index in [0.717, 1.165) is 6.33 Å². The molecule has 2 saturated heterocycles. The maximum absolute atomic E-state index is 13.8. The topological polar surface area (TPSA) is 350 Å². The Hall–Kier alpha value is -3.23. The number of anilines is 2. The number of carbonyl (C=O) groups excluding carboxylic acids is 1. The number of hydrogen-bond acceptors (Lipinski definition) is 20. The van der Waals surface area contributed by atoms with Crippen molar-refractivity contribution in [1.29, 1.82) is 0 Å². The number of nitrogens with zero attached hydrogens (tertiary/aromatic N) is 7. The number of nitrogens with two attached hydrogens (primary N) is 2. The molecule has 4 aromatic rings. The molecule has 28 heteroatoms. The Morgan fingerprint density at radius 3 is 2.49 bits per heavy atom. The lowest BCUT2D eigenvalue weighted by molar-refractivity contribution is -0.122. The number of amides is 1. The number of phosphoric ester groups is 1. The number of fused-ring (bicyclic) bond motifs is 2. The summed E-state index contributed by atoms with van der Waals surface area (Å²) in [6.07, 6.45) is -4.58. The second-order valence-electron chi connectivity index (χ2n) is 14.9. The molecule has 0 saturated carbocycles. The molecule has 2 fully saturated rings. The fourth-order valence-corrected chi connectivity index (χ4v) is 10.7. The Kier molecular flexibility index (Phi) is 14.4. The average molecular weight is 908 g/mol. The molecule has 0 radical (unpaired) electrons. The van der Waals surface area contributed by atoms with Gasteiger partial charge in [-0.3, -0.25) is 37.3 Å². The molecule has 2 aliphatic heterocycles. The summed E-state index contributed by atoms with van der Waals surface area (Å²) in [4.78, 5) is 68.6. The van der Waals surface area contributed by atoms with Crippen LogP contribution in [0.5, 0.6) is 0 Å². The van der Waals surface area contributed by atoms with Crippen molar-refractivity contribution in [2.24, 2.45) is 5.92 Å². The van der Waals surface area contributed by atoms with Crippen molar-refractivity contribution in [3.63, 3.8) is 0 Å². The number of rotatable bonds is 18. The number of aliphatic hydroxyl groups is 2. The van der Waals surface area contributed by atoms with E-state index in [9.17, 15) is 38.7 Å². The van der Waals surface area contributed by atoms with Gasteiger partial charge in [0.2, 0.25) is 11.9 Å². The molecular weight excluding hydrogens is 860 g/mol. The van der Waals surface area contributed by atoms with Gasteiger partial charge in [-0.15, -0.1) is 0 Å². The summed E-state index contributed by atoms with van der Waals surface area (Å²) in [7, 11) is -5.77. The molecule has 0 aromatic carbocycles. The van der Waals surface area contributed by atoms with Gasteiger partial charge in [0.25, 0.3) is 5.56 Å². The summed E-state index contributed by atoms with van der Waals surface area (Å²) in [5, 5.41) is 24.7. The molecule has 326 valence electrons. The minimum absolute atomic E-state index is 0.0252. The first-order chi connectivity index (χ1) is 27.9. The fraction of sp³-hybridized carbons (Fsp3) is 0.645. The van der Waals surface area contributed by atoms with Gasteiger partial charge >= 0.3 is 16.1 Å². The smallest absolute Gasteiger partial charge is 0.394 e. The monoisotopic (exact) mass is 907 g/mol. The Morgan fingerprint density at radius 2 is 1.80 bits per heavy atom. The van der Waals surface area contributed by atoms with Crippen LogP contribution in [0.15, 0.2) is 23.8 Å². The molecule has 1 amide bonds. The molecule has 2 aliphatic rings. The third kappa shape index (κ3) is 10.8. The van der Waals surface area contributed by atoms with Crippen LogP contribution in [-0.4, -0.2) is 125 Å². The molecule has 11 atom stereocenters. The van der Waals surface area contributed by atoms with Crippen molar-refractivity contribution in [1.82, 2.24) is 44.4 Å². The molecule has 0 aliphatic carbocycles. The van der Waals surface area contributed by atoms with Gasteiger partial charge in [-0.1, -0.05) is 28.5 Å². The lowest BCUT2D eigenvalue weighted by atomic mass is 9.95. The Morgan fingerprint density at radius 1 is 1.10 bits per heavy atom. The molecule has 0 spiro atoms. The van der Waals surface area contributed by atoms with Gasteiger partial charge in [0, 0.05) is 28.9 Å². The number of aromatic amines is 1. The van der Waals surface area contributed by atoms with E-state index in [1.165, 1.54) is 32.6 Å². The van der Waals surface area contributed by atoms with E-state index in [4.69, 9.17) is 34.5 Å². The Labute approximate surface area is 344 Å². The van der Waals surface area contributed by atoms with Gasteiger partial charge in [0.05, 0.1) is 32.0 Å². The van der Waals surface area contributed by atoms with Crippen LogP contribution >= 0.6 is 37.7 Å². The third-order valence-electron chi connectivity index (χ3n) is 9.32. The summed E-state index contributed by atoms with van der Waals surface area (Å²) in [6.45, 7) is 6.41. The highest BCUT2D eigenvalue weighted by atomic mass is 33.1. The molecule has 10 N–H and O–H groups in total. The number of carbonyl (C=O) groups is 1. The SMILES string of the molecule is CC(CCC(=O)NC(C)(C)C)SSCCC1C(OP(=O)(O)OC[C@H]2O[C@@H](n3cnc4c(N)ncnc43)C(O)C2O[PH](=O)O)[C@H](n2cnc3c(=O)[nH]c(N)nc32)O[C@@H]1CO. The van der Waals surface area contributed by atoms with Crippen LogP contribution in [0, 0.1) is 5.92 Å². The second-order valence-corrected chi connectivity index (χ2v) is 20.0. The van der Waals surface area contributed by atoms with Crippen LogP contribution in [-0.2, 0) is 37.0 Å². The van der Waals surface area contributed by atoms with E-state index < -0.39 is 83.7 Å². The average Bonchev–Trinajstić information content (AvgIpc) is 3.92. The van der Waals surface area contributed by atoms with E-state index in [2.05, 4.69) is 35.2 Å². The van der Waals surface area contributed by atoms with Gasteiger partial charge in [-0.05, 0) is 33.6 Å². The summed E-state index contributed by atoms with van der Waals surface area (Å²) in [6, 6.07) is 0. The molecular formula is C31H47N11O13P2S2. The number of imidazole rings is 2. The Balaban J connectivity index is 1.19. The number of ether oxygens (including phenoxy) is 2. The van der Waals surface area contributed by atoms with Crippen molar-refractivity contribution < 1.29 is 57.0 Å². The predicted molar refractivity (Wildman–Crippen MR) is 215 cm³/mol. The number of hydrogen-bond donors (Lipinski definition) is 8. The molecule has 59 heavy (non-hydrogen) atoms. The van der Waals surface area contributed by atoms with Crippen LogP contribution in [0.25, 0.3) is 22.3 Å². The summed E-state index contributed by atoms with van der Waals surface area (Å²) in [5.74, 6) is -0.529. The molecule has 6 rings (SSSR count). The number of nitrogen functional groups attached to an aromatic ring is 2. The van der Waals surface area contributed by atoms with Crippen LogP contribution in [0.1, 0.15) is 59.4 Å². The van der Waals surface area contributed by atoms with Crippen molar-refractivity contribution in [3.8, 4) is 0 Å². The van der Waals surface area contributed by atoms with Crippen molar-refractivity contribution >= 4 is 77.7 Å². The van der Waals surface area contributed by atoms with E-state index in [0.29, 0.717) is 18.6 Å². The first-order valence-electron chi connectivity index (χ1n) is 18.3. The minimum Gasteiger partial charge on any atom is -0.394 e. The standard InChI is InChI=1S/C31H47N11O13P2S2/c1-14(5-6-18(44)40-31(2,3)4)59-58-8-7-15-16(9-43)52-29(42-13-37-20-26(42)38-30(33)39-27(20)46)22(15)55-57(49,50)51-10-17-23(54-56(47)48)21(45)28(53-17)41-12-36-19-24(32)34-11-35-25(19)41/h11-17,21-23,28-29,43,45,56H,5-10H2,1-4H3,(H,40,44)(H,47,48)(H,49,50)(H2,32,34,35)(H3,33,38,39,46)/t14?,15?,16-,17-,21?,22?,23?,28-,29-/m1/s1. The van der Waals surface area contributed by atoms with Crippen molar-refractivity contribution in [3.05, 3.63) is 29.3 Å². The Bertz CT molecular complexity index is 2240. The van der Waals surface area contributed by atoms with Crippen LogP contribution in [0.4, 0.5) is 11.8 Å². The summed E-state index contributed by atoms with van der Waals surface area (Å²) >= 11 is 0. The highest BCUT2D eigenvalue weighted by Crippen LogP contribution is 2.52. The molecule has 24 nitrogen and oxygen atoms in total.